The lowest BCUT2D eigenvalue weighted by Crippen LogP contribution is -1.97. The molecule has 0 atom stereocenters. The van der Waals surface area contributed by atoms with Crippen LogP contribution in [0.3, 0.4) is 0 Å². The number of hydrogen-bond donors (Lipinski definition) is 1. The first-order chi connectivity index (χ1) is 28.2. The first-order valence-corrected chi connectivity index (χ1v) is 19.9. The van der Waals surface area contributed by atoms with Crippen molar-refractivity contribution in [3.05, 3.63) is 194 Å². The number of anilines is 2. The summed E-state index contributed by atoms with van der Waals surface area (Å²) in [6.45, 7) is 0. The lowest BCUT2D eigenvalue weighted by molar-refractivity contribution is 0.670. The van der Waals surface area contributed by atoms with E-state index in [4.69, 9.17) is 14.4 Å². The van der Waals surface area contributed by atoms with Crippen molar-refractivity contribution in [1.29, 1.82) is 0 Å². The van der Waals surface area contributed by atoms with Gasteiger partial charge < -0.3 is 9.73 Å². The Balaban J connectivity index is 0.994. The van der Waals surface area contributed by atoms with Crippen molar-refractivity contribution in [1.82, 2.24) is 9.97 Å². The molecule has 0 spiro atoms. The van der Waals surface area contributed by atoms with Gasteiger partial charge in [-0.15, -0.1) is 11.3 Å². The fourth-order valence-electron chi connectivity index (χ4n) is 7.94. The summed E-state index contributed by atoms with van der Waals surface area (Å²) >= 11 is 1.82. The predicted molar refractivity (Wildman–Crippen MR) is 239 cm³/mol. The molecule has 0 fully saturated rings. The normalized spacial score (nSPS) is 11.5. The highest BCUT2D eigenvalue weighted by Gasteiger charge is 2.17. The summed E-state index contributed by atoms with van der Waals surface area (Å²) in [7, 11) is 0. The van der Waals surface area contributed by atoms with Gasteiger partial charge in [0.2, 0.25) is 0 Å². The van der Waals surface area contributed by atoms with Gasteiger partial charge in [-0.1, -0.05) is 140 Å². The third-order valence-corrected chi connectivity index (χ3v) is 11.9. The van der Waals surface area contributed by atoms with Gasteiger partial charge in [0.15, 0.2) is 5.82 Å². The van der Waals surface area contributed by atoms with Gasteiger partial charge in [-0.25, -0.2) is 9.97 Å². The smallest absolute Gasteiger partial charge is 0.160 e. The molecule has 11 aromatic rings. The number of nitrogens with zero attached hydrogens (tertiary/aromatic N) is 2. The molecule has 0 bridgehead atoms. The quantitative estimate of drug-likeness (QED) is 0.176. The Morgan fingerprint density at radius 2 is 1.07 bits per heavy atom. The number of rotatable bonds is 7. The molecule has 3 heterocycles. The van der Waals surface area contributed by atoms with Gasteiger partial charge in [-0.05, 0) is 65.7 Å². The van der Waals surface area contributed by atoms with Gasteiger partial charge in [-0.3, -0.25) is 0 Å². The number of hydrogen-bond acceptors (Lipinski definition) is 5. The molecule has 0 radical (unpaired) electrons. The highest BCUT2D eigenvalue weighted by Crippen LogP contribution is 2.42. The fraction of sp³-hybridized carbons (Fsp3) is 0. The van der Waals surface area contributed by atoms with Crippen LogP contribution in [0, 0.1) is 0 Å². The molecule has 5 heteroatoms. The van der Waals surface area contributed by atoms with Crippen LogP contribution < -0.4 is 5.32 Å². The Labute approximate surface area is 333 Å². The average Bonchev–Trinajstić information content (AvgIpc) is 3.86. The summed E-state index contributed by atoms with van der Waals surface area (Å²) in [6.07, 6.45) is 0. The van der Waals surface area contributed by atoms with E-state index in [9.17, 15) is 0 Å². The lowest BCUT2D eigenvalue weighted by atomic mass is 10.00. The van der Waals surface area contributed by atoms with E-state index in [1.165, 1.54) is 25.7 Å². The van der Waals surface area contributed by atoms with Crippen molar-refractivity contribution < 1.29 is 4.42 Å². The second kappa shape index (κ2) is 13.7. The lowest BCUT2D eigenvalue weighted by Gasteiger charge is -2.14. The minimum atomic E-state index is 0.675. The van der Waals surface area contributed by atoms with Crippen LogP contribution in [0.5, 0.6) is 0 Å². The maximum absolute atomic E-state index is 6.42. The first kappa shape index (κ1) is 33.0. The van der Waals surface area contributed by atoms with Crippen molar-refractivity contribution in [2.75, 3.05) is 5.32 Å². The van der Waals surface area contributed by atoms with E-state index < -0.39 is 0 Å². The Bertz CT molecular complexity index is 3270. The topological polar surface area (TPSA) is 51.0 Å². The molecule has 0 aliphatic rings. The number of thiophene rings is 1. The molecule has 11 rings (SSSR count). The van der Waals surface area contributed by atoms with Crippen LogP contribution in [-0.4, -0.2) is 9.97 Å². The molecule has 4 nitrogen and oxygen atoms in total. The summed E-state index contributed by atoms with van der Waals surface area (Å²) in [5, 5.41) is 8.44. The first-order valence-electron chi connectivity index (χ1n) is 19.1. The number of furan rings is 1. The zero-order valence-corrected chi connectivity index (χ0v) is 31.5. The monoisotopic (exact) mass is 747 g/mol. The number of fused-ring (bicyclic) bond motifs is 6. The molecular weight excluding hydrogens is 715 g/mol. The Hall–Kier alpha value is -7.34. The molecular formula is C52H33N3OS. The number of aromatic nitrogens is 2. The molecule has 1 N–H and O–H groups in total. The summed E-state index contributed by atoms with van der Waals surface area (Å²) in [5.74, 6) is 0.675. The molecule has 0 aliphatic heterocycles. The minimum absolute atomic E-state index is 0.675. The number of benzene rings is 8. The summed E-state index contributed by atoms with van der Waals surface area (Å²) in [6, 6.07) is 67.8. The summed E-state index contributed by atoms with van der Waals surface area (Å²) in [4.78, 5) is 10.5. The van der Waals surface area contributed by atoms with Gasteiger partial charge >= 0.3 is 0 Å². The van der Waals surface area contributed by atoms with Crippen LogP contribution in [0.4, 0.5) is 11.4 Å². The summed E-state index contributed by atoms with van der Waals surface area (Å²) < 4.78 is 8.91. The Morgan fingerprint density at radius 3 is 1.96 bits per heavy atom. The van der Waals surface area contributed by atoms with Crippen molar-refractivity contribution in [3.8, 4) is 56.2 Å². The van der Waals surface area contributed by atoms with E-state index >= 15 is 0 Å². The zero-order valence-electron chi connectivity index (χ0n) is 30.7. The molecule has 57 heavy (non-hydrogen) atoms. The van der Waals surface area contributed by atoms with Crippen LogP contribution >= 0.6 is 11.3 Å². The standard InChI is InChI=1S/C52H33N3OS/c1-2-13-33(14-3-1)35-15-10-16-36(31-35)46-32-47(44-23-12-22-43-40-19-6-9-26-49(40)57-51(43)44)55-52(54-46)34-27-29-37(30-28-34)53-45-24-7-4-17-38(45)41-20-11-21-42-39-18-5-8-25-48(39)56-50(41)42/h1-32,53H. The van der Waals surface area contributed by atoms with Crippen LogP contribution in [0.25, 0.3) is 98.3 Å². The van der Waals surface area contributed by atoms with Crippen LogP contribution in [0.2, 0.25) is 0 Å². The fourth-order valence-corrected chi connectivity index (χ4v) is 9.17. The van der Waals surface area contributed by atoms with Gasteiger partial charge in [0.1, 0.15) is 11.2 Å². The molecule has 8 aromatic carbocycles. The third-order valence-electron chi connectivity index (χ3n) is 10.7. The van der Waals surface area contributed by atoms with Crippen LogP contribution in [0.15, 0.2) is 199 Å². The average molecular weight is 748 g/mol. The predicted octanol–water partition coefficient (Wildman–Crippen LogP) is 14.8. The Kier molecular flexibility index (Phi) is 7.97. The number of para-hydroxylation sites is 3. The molecule has 3 aromatic heterocycles. The van der Waals surface area contributed by atoms with Crippen LogP contribution in [0.1, 0.15) is 0 Å². The van der Waals surface area contributed by atoms with E-state index in [2.05, 4.69) is 181 Å². The van der Waals surface area contributed by atoms with Gasteiger partial charge in [0.05, 0.1) is 11.4 Å². The maximum Gasteiger partial charge on any atom is 0.160 e. The van der Waals surface area contributed by atoms with Crippen molar-refractivity contribution in [2.24, 2.45) is 0 Å². The SMILES string of the molecule is c1ccc(-c2cccc(-c3cc(-c4cccc5c4sc4ccccc45)nc(-c4ccc(Nc5ccccc5-c5cccc6c5oc5ccccc56)cc4)n3)c2)cc1. The number of nitrogens with one attached hydrogen (secondary N) is 1. The highest BCUT2D eigenvalue weighted by atomic mass is 32.1. The van der Waals surface area contributed by atoms with E-state index in [1.54, 1.807) is 0 Å². The molecule has 0 saturated carbocycles. The van der Waals surface area contributed by atoms with E-state index in [1.807, 2.05) is 29.5 Å². The van der Waals surface area contributed by atoms with Crippen LogP contribution in [-0.2, 0) is 0 Å². The largest absolute Gasteiger partial charge is 0.455 e. The summed E-state index contributed by atoms with van der Waals surface area (Å²) in [5.41, 5.74) is 13.0. The van der Waals surface area contributed by atoms with E-state index in [-0.39, 0.29) is 0 Å². The van der Waals surface area contributed by atoms with E-state index in [0.717, 1.165) is 78.1 Å². The van der Waals surface area contributed by atoms with Gasteiger partial charge in [-0.2, -0.15) is 0 Å². The third kappa shape index (κ3) is 5.93. The molecule has 0 amide bonds. The highest BCUT2D eigenvalue weighted by molar-refractivity contribution is 7.26. The second-order valence-corrected chi connectivity index (χ2v) is 15.3. The van der Waals surface area contributed by atoms with Crippen molar-refractivity contribution in [3.63, 3.8) is 0 Å². The Morgan fingerprint density at radius 1 is 0.421 bits per heavy atom. The van der Waals surface area contributed by atoms with Gasteiger partial charge in [0, 0.05) is 70.1 Å². The van der Waals surface area contributed by atoms with Gasteiger partial charge in [0.25, 0.3) is 0 Å². The molecule has 0 saturated heterocycles. The second-order valence-electron chi connectivity index (χ2n) is 14.2. The van der Waals surface area contributed by atoms with Crippen molar-refractivity contribution in [2.45, 2.75) is 0 Å². The molecule has 0 aliphatic carbocycles. The minimum Gasteiger partial charge on any atom is -0.455 e. The molecule has 0 unspecified atom stereocenters. The zero-order chi connectivity index (χ0) is 37.7. The molecule has 268 valence electrons. The maximum atomic E-state index is 6.42. The van der Waals surface area contributed by atoms with Crippen molar-refractivity contribution >= 4 is 64.8 Å². The van der Waals surface area contributed by atoms with E-state index in [0.29, 0.717) is 5.82 Å².